The van der Waals surface area contributed by atoms with Crippen LogP contribution >= 0.6 is 0 Å². The van der Waals surface area contributed by atoms with E-state index in [9.17, 15) is 4.79 Å². The molecule has 1 aromatic heterocycles. The van der Waals surface area contributed by atoms with Crippen LogP contribution in [0.2, 0.25) is 0 Å². The zero-order valence-corrected chi connectivity index (χ0v) is 15.9. The Labute approximate surface area is 165 Å². The van der Waals surface area contributed by atoms with Crippen molar-refractivity contribution < 1.29 is 4.79 Å². The topological polar surface area (TPSA) is 63.9 Å². The molecule has 1 amide bonds. The van der Waals surface area contributed by atoms with E-state index in [1.807, 2.05) is 29.2 Å². The summed E-state index contributed by atoms with van der Waals surface area (Å²) in [4.78, 5) is 15.0. The van der Waals surface area contributed by atoms with Gasteiger partial charge in [-0.25, -0.2) is 4.68 Å². The number of hydrogen-bond donors (Lipinski definition) is 0. The van der Waals surface area contributed by atoms with Gasteiger partial charge in [0.1, 0.15) is 6.33 Å². The highest BCUT2D eigenvalue weighted by atomic mass is 16.2. The molecule has 28 heavy (non-hydrogen) atoms. The monoisotopic (exact) mass is 375 g/mol. The van der Waals surface area contributed by atoms with Crippen LogP contribution in [0.3, 0.4) is 0 Å². The van der Waals surface area contributed by atoms with Gasteiger partial charge in [-0.3, -0.25) is 4.79 Å². The van der Waals surface area contributed by atoms with E-state index in [0.717, 1.165) is 43.5 Å². The Balaban J connectivity index is 1.33. The van der Waals surface area contributed by atoms with Crippen molar-refractivity contribution >= 4 is 5.91 Å². The number of tetrazole rings is 1. The standard InChI is InChI=1S/C22H25N5O/c28-22(21-12-10-20(11-13-21)16-27-17-23-24-25-27)26-14-4-7-19(15-26)9-8-18-5-2-1-3-6-18/h1-3,5-6,10-13,17,19H,4,7-9,14-16H2/t19-/m1/s1. The number of carbonyl (C=O) groups excluding carboxylic acids is 1. The summed E-state index contributed by atoms with van der Waals surface area (Å²) in [5.41, 5.74) is 3.21. The molecule has 2 heterocycles. The molecule has 1 aliphatic heterocycles. The van der Waals surface area contributed by atoms with Crippen LogP contribution in [0.15, 0.2) is 60.9 Å². The van der Waals surface area contributed by atoms with E-state index in [-0.39, 0.29) is 5.91 Å². The molecule has 4 rings (SSSR count). The van der Waals surface area contributed by atoms with Crippen LogP contribution in [-0.2, 0) is 13.0 Å². The summed E-state index contributed by atoms with van der Waals surface area (Å²) in [6.45, 7) is 2.32. The lowest BCUT2D eigenvalue weighted by Crippen LogP contribution is -2.40. The molecule has 1 fully saturated rings. The van der Waals surface area contributed by atoms with Gasteiger partial charge in [-0.1, -0.05) is 42.5 Å². The maximum Gasteiger partial charge on any atom is 0.253 e. The Bertz CT molecular complexity index is 877. The molecule has 1 aliphatic rings. The van der Waals surface area contributed by atoms with E-state index in [1.165, 1.54) is 12.0 Å². The van der Waals surface area contributed by atoms with Crippen molar-refractivity contribution in [3.05, 3.63) is 77.6 Å². The number of rotatable bonds is 6. The number of aromatic nitrogens is 4. The Hall–Kier alpha value is -3.02. The first-order valence-corrected chi connectivity index (χ1v) is 9.91. The van der Waals surface area contributed by atoms with Gasteiger partial charge in [0.15, 0.2) is 0 Å². The Morgan fingerprint density at radius 1 is 1.04 bits per heavy atom. The van der Waals surface area contributed by atoms with E-state index < -0.39 is 0 Å². The lowest BCUT2D eigenvalue weighted by molar-refractivity contribution is 0.0668. The van der Waals surface area contributed by atoms with Crippen LogP contribution < -0.4 is 0 Å². The molecular weight excluding hydrogens is 350 g/mol. The first-order valence-electron chi connectivity index (χ1n) is 9.91. The zero-order valence-electron chi connectivity index (χ0n) is 15.9. The molecule has 144 valence electrons. The molecule has 0 aliphatic carbocycles. The number of likely N-dealkylation sites (tertiary alicyclic amines) is 1. The Kier molecular flexibility index (Phi) is 5.75. The molecule has 6 heteroatoms. The summed E-state index contributed by atoms with van der Waals surface area (Å²) in [5, 5.41) is 11.1. The van der Waals surface area contributed by atoms with E-state index >= 15 is 0 Å². The molecule has 2 aromatic carbocycles. The molecule has 3 aromatic rings. The number of amides is 1. The summed E-state index contributed by atoms with van der Waals surface area (Å²) in [5.74, 6) is 0.718. The largest absolute Gasteiger partial charge is 0.338 e. The average Bonchev–Trinajstić information content (AvgIpc) is 3.26. The molecular formula is C22H25N5O. The second-order valence-corrected chi connectivity index (χ2v) is 7.49. The highest BCUT2D eigenvalue weighted by Crippen LogP contribution is 2.23. The third kappa shape index (κ3) is 4.63. The number of aryl methyl sites for hydroxylation is 1. The van der Waals surface area contributed by atoms with Crippen LogP contribution in [0.25, 0.3) is 0 Å². The minimum atomic E-state index is 0.137. The van der Waals surface area contributed by atoms with Gasteiger partial charge in [-0.2, -0.15) is 0 Å². The number of nitrogens with zero attached hydrogens (tertiary/aromatic N) is 5. The number of hydrogen-bond acceptors (Lipinski definition) is 4. The van der Waals surface area contributed by atoms with Crippen LogP contribution in [-0.4, -0.2) is 44.1 Å². The van der Waals surface area contributed by atoms with Gasteiger partial charge in [0, 0.05) is 18.7 Å². The lowest BCUT2D eigenvalue weighted by Gasteiger charge is -2.33. The molecule has 0 radical (unpaired) electrons. The summed E-state index contributed by atoms with van der Waals surface area (Å²) in [7, 11) is 0. The molecule has 1 atom stereocenters. The predicted octanol–water partition coefficient (Wildman–Crippen LogP) is 3.21. The van der Waals surface area contributed by atoms with Crippen LogP contribution in [0, 0.1) is 5.92 Å². The quantitative estimate of drug-likeness (QED) is 0.664. The van der Waals surface area contributed by atoms with E-state index in [2.05, 4.69) is 45.9 Å². The normalized spacial score (nSPS) is 16.9. The number of piperidine rings is 1. The fourth-order valence-electron chi connectivity index (χ4n) is 3.88. The van der Waals surface area contributed by atoms with E-state index in [4.69, 9.17) is 0 Å². The van der Waals surface area contributed by atoms with Gasteiger partial charge >= 0.3 is 0 Å². The maximum absolute atomic E-state index is 12.9. The minimum Gasteiger partial charge on any atom is -0.338 e. The van der Waals surface area contributed by atoms with Crippen molar-refractivity contribution in [2.45, 2.75) is 32.2 Å². The van der Waals surface area contributed by atoms with Crippen LogP contribution in [0.5, 0.6) is 0 Å². The van der Waals surface area contributed by atoms with Gasteiger partial charge in [0.2, 0.25) is 0 Å². The van der Waals surface area contributed by atoms with Crippen LogP contribution in [0.1, 0.15) is 40.7 Å². The molecule has 1 saturated heterocycles. The van der Waals surface area contributed by atoms with Crippen molar-refractivity contribution in [3.8, 4) is 0 Å². The smallest absolute Gasteiger partial charge is 0.253 e. The van der Waals surface area contributed by atoms with Crippen molar-refractivity contribution in [3.63, 3.8) is 0 Å². The van der Waals surface area contributed by atoms with Gasteiger partial charge in [0.05, 0.1) is 6.54 Å². The Morgan fingerprint density at radius 2 is 1.86 bits per heavy atom. The fraction of sp³-hybridized carbons (Fsp3) is 0.364. The van der Waals surface area contributed by atoms with Gasteiger partial charge < -0.3 is 4.90 Å². The third-order valence-corrected chi connectivity index (χ3v) is 5.43. The molecule has 0 spiro atoms. The highest BCUT2D eigenvalue weighted by molar-refractivity contribution is 5.94. The summed E-state index contributed by atoms with van der Waals surface area (Å²) in [6.07, 6.45) is 6.10. The average molecular weight is 375 g/mol. The molecule has 0 N–H and O–H groups in total. The van der Waals surface area contributed by atoms with E-state index in [0.29, 0.717) is 12.5 Å². The first kappa shape index (κ1) is 18.3. The first-order chi connectivity index (χ1) is 13.8. The van der Waals surface area contributed by atoms with Gasteiger partial charge in [-0.15, -0.1) is 5.10 Å². The lowest BCUT2D eigenvalue weighted by atomic mass is 9.91. The van der Waals surface area contributed by atoms with Crippen molar-refractivity contribution in [2.24, 2.45) is 5.92 Å². The molecule has 0 saturated carbocycles. The molecule has 0 unspecified atom stereocenters. The number of carbonyl (C=O) groups is 1. The van der Waals surface area contributed by atoms with Gasteiger partial charge in [-0.05, 0) is 65.3 Å². The molecule has 6 nitrogen and oxygen atoms in total. The number of benzene rings is 2. The highest BCUT2D eigenvalue weighted by Gasteiger charge is 2.24. The van der Waals surface area contributed by atoms with Crippen molar-refractivity contribution in [1.82, 2.24) is 25.1 Å². The van der Waals surface area contributed by atoms with Gasteiger partial charge in [0.25, 0.3) is 5.91 Å². The maximum atomic E-state index is 12.9. The zero-order chi connectivity index (χ0) is 19.2. The van der Waals surface area contributed by atoms with Crippen molar-refractivity contribution in [1.29, 1.82) is 0 Å². The SMILES string of the molecule is O=C(c1ccc(Cn2cnnn2)cc1)N1CCC[C@H](CCc2ccccc2)C1. The molecule has 0 bridgehead atoms. The van der Waals surface area contributed by atoms with Crippen molar-refractivity contribution in [2.75, 3.05) is 13.1 Å². The van der Waals surface area contributed by atoms with E-state index in [1.54, 1.807) is 11.0 Å². The summed E-state index contributed by atoms with van der Waals surface area (Å²) < 4.78 is 1.67. The Morgan fingerprint density at radius 3 is 2.61 bits per heavy atom. The fourth-order valence-corrected chi connectivity index (χ4v) is 3.88. The second kappa shape index (κ2) is 8.78. The predicted molar refractivity (Wildman–Crippen MR) is 107 cm³/mol. The summed E-state index contributed by atoms with van der Waals surface area (Å²) in [6, 6.07) is 18.4. The summed E-state index contributed by atoms with van der Waals surface area (Å²) >= 11 is 0. The minimum absolute atomic E-state index is 0.137. The second-order valence-electron chi connectivity index (χ2n) is 7.49. The van der Waals surface area contributed by atoms with Crippen LogP contribution in [0.4, 0.5) is 0 Å². The third-order valence-electron chi connectivity index (χ3n) is 5.43.